The summed E-state index contributed by atoms with van der Waals surface area (Å²) >= 11 is 1.20. The van der Waals surface area contributed by atoms with Crippen LogP contribution in [0.1, 0.15) is 35.3 Å². The van der Waals surface area contributed by atoms with Gasteiger partial charge in [-0.1, -0.05) is 30.4 Å². The van der Waals surface area contributed by atoms with E-state index < -0.39 is 21.8 Å². The van der Waals surface area contributed by atoms with Crippen molar-refractivity contribution >= 4 is 42.4 Å². The zero-order valence-electron chi connectivity index (χ0n) is 19.7. The molecule has 0 spiro atoms. The Balaban J connectivity index is 1.66. The van der Waals surface area contributed by atoms with Crippen LogP contribution in [0.2, 0.25) is 0 Å². The number of rotatable bonds is 9. The Morgan fingerprint density at radius 2 is 1.73 bits per heavy atom. The Bertz CT molecular complexity index is 1530. The molecule has 1 atom stereocenters. The van der Waals surface area contributed by atoms with Crippen molar-refractivity contribution < 1.29 is 28.2 Å². The average molecular weight is 538 g/mol. The Labute approximate surface area is 217 Å². The van der Waals surface area contributed by atoms with Crippen LogP contribution in [0, 0.1) is 11.3 Å². The highest BCUT2D eigenvalue weighted by molar-refractivity contribution is 7.91. The van der Waals surface area contributed by atoms with Gasteiger partial charge in [0.05, 0.1) is 45.7 Å². The number of anilines is 1. The maximum Gasteiger partial charge on any atom is 0.271 e. The van der Waals surface area contributed by atoms with Crippen LogP contribution in [-0.2, 0) is 27.8 Å². The molecule has 0 radical (unpaired) electrons. The summed E-state index contributed by atoms with van der Waals surface area (Å²) in [5, 5.41) is 31.2. The highest BCUT2D eigenvalue weighted by atomic mass is 32.2. The van der Waals surface area contributed by atoms with Crippen molar-refractivity contribution in [3.63, 3.8) is 0 Å². The summed E-state index contributed by atoms with van der Waals surface area (Å²) in [7, 11) is -3.42. The highest BCUT2D eigenvalue weighted by Gasteiger charge is 2.25. The number of carbonyl (C=O) groups excluding carboxylic acids is 1. The molecule has 190 valence electrons. The molecule has 0 fully saturated rings. The van der Waals surface area contributed by atoms with Gasteiger partial charge in [0.1, 0.15) is 5.75 Å². The number of hydrogen-bond acceptors (Lipinski definition) is 9. The largest absolute Gasteiger partial charge is 0.476 e. The third-order valence-electron chi connectivity index (χ3n) is 5.68. The number of nitriles is 1. The second kappa shape index (κ2) is 11.1. The molecule has 11 heteroatoms. The first-order valence-corrected chi connectivity index (χ1v) is 13.7. The van der Waals surface area contributed by atoms with Gasteiger partial charge in [0.15, 0.2) is 15.0 Å². The van der Waals surface area contributed by atoms with Gasteiger partial charge in [-0.3, -0.25) is 10.1 Å². The summed E-state index contributed by atoms with van der Waals surface area (Å²) < 4.78 is 31.1. The zero-order valence-corrected chi connectivity index (χ0v) is 21.3. The fourth-order valence-corrected chi connectivity index (χ4v) is 5.41. The number of nitrogens with zero attached hydrogens (tertiary/aromatic N) is 2. The number of hydrogen-bond donors (Lipinski definition) is 3. The van der Waals surface area contributed by atoms with Crippen LogP contribution in [0.15, 0.2) is 65.6 Å². The molecule has 4 aromatic rings. The van der Waals surface area contributed by atoms with Gasteiger partial charge in [0.2, 0.25) is 6.10 Å². The Morgan fingerprint density at radius 3 is 2.32 bits per heavy atom. The lowest BCUT2D eigenvalue weighted by molar-refractivity contribution is -0.123. The van der Waals surface area contributed by atoms with Crippen molar-refractivity contribution in [2.24, 2.45) is 0 Å². The number of sulfone groups is 1. The molecule has 0 bridgehead atoms. The van der Waals surface area contributed by atoms with E-state index in [1.54, 1.807) is 43.3 Å². The van der Waals surface area contributed by atoms with Gasteiger partial charge in [0, 0.05) is 5.56 Å². The molecule has 9 nitrogen and oxygen atoms in total. The number of aromatic nitrogens is 1. The van der Waals surface area contributed by atoms with Gasteiger partial charge in [-0.25, -0.2) is 13.4 Å². The van der Waals surface area contributed by atoms with Crippen molar-refractivity contribution in [2.45, 2.75) is 31.1 Å². The van der Waals surface area contributed by atoms with E-state index in [4.69, 9.17) is 10.00 Å². The third kappa shape index (κ3) is 5.79. The molecular formula is C26H23N3O6S2. The molecule has 0 aliphatic carbocycles. The van der Waals surface area contributed by atoms with Gasteiger partial charge in [0.25, 0.3) is 5.91 Å². The van der Waals surface area contributed by atoms with Gasteiger partial charge in [-0.15, -0.1) is 0 Å². The van der Waals surface area contributed by atoms with E-state index in [0.717, 1.165) is 4.70 Å². The van der Waals surface area contributed by atoms with Crippen LogP contribution in [0.25, 0.3) is 10.2 Å². The zero-order chi connectivity index (χ0) is 26.6. The molecule has 1 heterocycles. The van der Waals surface area contributed by atoms with Gasteiger partial charge >= 0.3 is 0 Å². The fraction of sp³-hybridized carbons (Fsp3) is 0.192. The van der Waals surface area contributed by atoms with Crippen molar-refractivity contribution in [1.82, 2.24) is 4.98 Å². The second-order valence-corrected chi connectivity index (χ2v) is 11.3. The quantitative estimate of drug-likeness (QED) is 0.293. The lowest BCUT2D eigenvalue weighted by atomic mass is 10.1. The summed E-state index contributed by atoms with van der Waals surface area (Å²) in [6.45, 7) is 1.06. The highest BCUT2D eigenvalue weighted by Crippen LogP contribution is 2.31. The van der Waals surface area contributed by atoms with E-state index in [9.17, 15) is 23.4 Å². The number of aliphatic hydroxyl groups excluding tert-OH is 2. The van der Waals surface area contributed by atoms with Gasteiger partial charge < -0.3 is 14.9 Å². The summed E-state index contributed by atoms with van der Waals surface area (Å²) in [6.07, 6.45) is -1.15. The van der Waals surface area contributed by atoms with Crippen molar-refractivity contribution in [2.75, 3.05) is 11.1 Å². The molecule has 1 aromatic heterocycles. The number of aliphatic hydroxyl groups is 2. The molecule has 1 amide bonds. The van der Waals surface area contributed by atoms with E-state index in [-0.39, 0.29) is 29.0 Å². The predicted molar refractivity (Wildman–Crippen MR) is 139 cm³/mol. The number of benzene rings is 3. The van der Waals surface area contributed by atoms with Crippen molar-refractivity contribution in [1.29, 1.82) is 5.26 Å². The normalized spacial score (nSPS) is 12.2. The number of thiazole rings is 1. The molecule has 4 rings (SSSR count). The van der Waals surface area contributed by atoms with Gasteiger partial charge in [-0.2, -0.15) is 5.26 Å². The molecule has 3 N–H and O–H groups in total. The summed E-state index contributed by atoms with van der Waals surface area (Å²) in [6, 6.07) is 17.6. The topological polar surface area (TPSA) is 150 Å². The second-order valence-electron chi connectivity index (χ2n) is 8.02. The molecule has 37 heavy (non-hydrogen) atoms. The van der Waals surface area contributed by atoms with E-state index >= 15 is 0 Å². The number of ether oxygens (including phenoxy) is 1. The number of amides is 1. The smallest absolute Gasteiger partial charge is 0.271 e. The van der Waals surface area contributed by atoms with E-state index in [2.05, 4.69) is 10.3 Å². The van der Waals surface area contributed by atoms with Crippen LogP contribution in [0.5, 0.6) is 5.75 Å². The lowest BCUT2D eigenvalue weighted by Gasteiger charge is -2.19. The van der Waals surface area contributed by atoms with Crippen molar-refractivity contribution in [3.05, 3.63) is 82.9 Å². The molecule has 0 saturated carbocycles. The summed E-state index contributed by atoms with van der Waals surface area (Å²) in [4.78, 5) is 17.9. The number of carbonyl (C=O) groups is 1. The molecule has 0 unspecified atom stereocenters. The van der Waals surface area contributed by atoms with Crippen LogP contribution in [0.3, 0.4) is 0 Å². The van der Waals surface area contributed by atoms with Crippen LogP contribution in [0.4, 0.5) is 5.13 Å². The standard InChI is InChI=1S/C26H23N3O6S2/c1-2-37(33,34)21-9-5-17(6-10-21)24(35-20-7-3-16(13-27)4-8-20)25(32)29-26-28-22-11-18(14-30)19(15-31)12-23(22)36-26/h3-12,24,30-31H,2,14-15H2,1H3,(H,28,29,32)/t24-/m1/s1. The van der Waals surface area contributed by atoms with Crippen molar-refractivity contribution in [3.8, 4) is 11.8 Å². The average Bonchev–Trinajstić information content (AvgIpc) is 3.32. The SMILES string of the molecule is CCS(=O)(=O)c1ccc([C@@H](Oc2ccc(C#N)cc2)C(=O)Nc2nc3cc(CO)c(CO)cc3s2)cc1. The first kappa shape index (κ1) is 26.2. The predicted octanol–water partition coefficient (Wildman–Crippen LogP) is 3.70. The maximum absolute atomic E-state index is 13.4. The van der Waals surface area contributed by atoms with E-state index in [1.807, 2.05) is 6.07 Å². The minimum atomic E-state index is -3.42. The van der Waals surface area contributed by atoms with Gasteiger partial charge in [-0.05, 0) is 59.7 Å². The van der Waals surface area contributed by atoms with E-state index in [0.29, 0.717) is 33.5 Å². The Kier molecular flexibility index (Phi) is 7.85. The third-order valence-corrected chi connectivity index (χ3v) is 8.36. The van der Waals surface area contributed by atoms with Crippen LogP contribution in [-0.4, -0.2) is 35.3 Å². The first-order chi connectivity index (χ1) is 17.8. The molecule has 3 aromatic carbocycles. The minimum Gasteiger partial charge on any atom is -0.476 e. The number of fused-ring (bicyclic) bond motifs is 1. The van der Waals surface area contributed by atoms with E-state index in [1.165, 1.54) is 35.6 Å². The maximum atomic E-state index is 13.4. The molecule has 0 saturated heterocycles. The Morgan fingerprint density at radius 1 is 1.08 bits per heavy atom. The summed E-state index contributed by atoms with van der Waals surface area (Å²) in [5.41, 5.74) is 2.52. The molecular weight excluding hydrogens is 514 g/mol. The number of nitrogens with one attached hydrogen (secondary N) is 1. The first-order valence-electron chi connectivity index (χ1n) is 11.2. The fourth-order valence-electron chi connectivity index (χ4n) is 3.61. The molecule has 0 aliphatic heterocycles. The monoisotopic (exact) mass is 537 g/mol. The van der Waals surface area contributed by atoms with Crippen LogP contribution < -0.4 is 10.1 Å². The van der Waals surface area contributed by atoms with Crippen LogP contribution >= 0.6 is 11.3 Å². The molecule has 0 aliphatic rings. The summed E-state index contributed by atoms with van der Waals surface area (Å²) in [5.74, 6) is -0.251. The lowest BCUT2D eigenvalue weighted by Crippen LogP contribution is -2.25. The minimum absolute atomic E-state index is 0.0500. The Hall–Kier alpha value is -3.82.